The van der Waals surface area contributed by atoms with Gasteiger partial charge in [-0.2, -0.15) is 0 Å². The van der Waals surface area contributed by atoms with Crippen molar-refractivity contribution in [2.75, 3.05) is 19.0 Å². The van der Waals surface area contributed by atoms with Crippen molar-refractivity contribution in [1.29, 1.82) is 4.78 Å². The van der Waals surface area contributed by atoms with Gasteiger partial charge in [0.1, 0.15) is 9.92 Å². The number of benzene rings is 2. The van der Waals surface area contributed by atoms with E-state index in [-0.39, 0.29) is 12.3 Å². The molecule has 0 bridgehead atoms. The molecule has 28 heavy (non-hydrogen) atoms. The molecule has 3 rings (SSSR count). The highest BCUT2D eigenvalue weighted by Crippen LogP contribution is 2.30. The molecule has 0 spiro atoms. The van der Waals surface area contributed by atoms with Crippen LogP contribution in [-0.4, -0.2) is 34.1 Å². The van der Waals surface area contributed by atoms with E-state index in [4.69, 9.17) is 9.52 Å². The van der Waals surface area contributed by atoms with Gasteiger partial charge in [0.15, 0.2) is 11.6 Å². The Balaban J connectivity index is 1.86. The van der Waals surface area contributed by atoms with Gasteiger partial charge in [-0.15, -0.1) is 0 Å². The van der Waals surface area contributed by atoms with Crippen molar-refractivity contribution >= 4 is 32.2 Å². The number of nitrogens with zero attached hydrogens (tertiary/aromatic N) is 1. The lowest BCUT2D eigenvalue weighted by atomic mass is 10.1. The van der Waals surface area contributed by atoms with E-state index in [2.05, 4.69) is 15.0 Å². The highest BCUT2D eigenvalue weighted by Gasteiger charge is 2.12. The van der Waals surface area contributed by atoms with Crippen LogP contribution in [0.25, 0.3) is 10.9 Å². The third-order valence-electron chi connectivity index (χ3n) is 4.06. The predicted molar refractivity (Wildman–Crippen MR) is 107 cm³/mol. The smallest absolute Gasteiger partial charge is 0.165 e. The maximum atomic E-state index is 14.1. The summed E-state index contributed by atoms with van der Waals surface area (Å²) >= 11 is 0. The van der Waals surface area contributed by atoms with Crippen LogP contribution in [0.3, 0.4) is 0 Å². The van der Waals surface area contributed by atoms with Gasteiger partial charge in [0.05, 0.1) is 23.6 Å². The number of nitrogens with one attached hydrogen (secondary N) is 3. The standard InChI is InChI=1S/C19H21FN4O3S/c1-12(25)11-23-28(21,26)14-5-3-13(4-6-14)24-17-7-8-22-18-10-19(27-2)16(20)9-15(17)18/h3-10,12,25H,11H2,1-2H3,(H,22,24)(H2,21,23,26)/t12-,28+/m1/s1. The van der Waals surface area contributed by atoms with E-state index >= 15 is 0 Å². The van der Waals surface area contributed by atoms with Crippen molar-refractivity contribution in [2.24, 2.45) is 0 Å². The molecule has 0 fully saturated rings. The number of methoxy groups -OCH3 is 1. The van der Waals surface area contributed by atoms with Gasteiger partial charge in [0, 0.05) is 35.6 Å². The van der Waals surface area contributed by atoms with E-state index in [0.717, 1.165) is 0 Å². The highest BCUT2D eigenvalue weighted by molar-refractivity contribution is 7.90. The molecule has 0 aliphatic rings. The fraction of sp³-hybridized carbons (Fsp3) is 0.211. The topological polar surface area (TPSA) is 107 Å². The fourth-order valence-electron chi connectivity index (χ4n) is 2.62. The molecular formula is C19H21FN4O3S. The third kappa shape index (κ3) is 4.38. The number of hydrogen-bond donors (Lipinski definition) is 4. The minimum atomic E-state index is -3.20. The minimum Gasteiger partial charge on any atom is -0.494 e. The summed E-state index contributed by atoms with van der Waals surface area (Å²) in [7, 11) is -1.81. The highest BCUT2D eigenvalue weighted by atomic mass is 32.2. The molecule has 0 radical (unpaired) electrons. The van der Waals surface area contributed by atoms with E-state index in [1.165, 1.54) is 19.2 Å². The number of ether oxygens (including phenoxy) is 1. The lowest BCUT2D eigenvalue weighted by Gasteiger charge is -2.13. The van der Waals surface area contributed by atoms with Gasteiger partial charge < -0.3 is 15.2 Å². The number of halogens is 1. The summed E-state index contributed by atoms with van der Waals surface area (Å²) in [4.78, 5) is 4.54. The van der Waals surface area contributed by atoms with Crippen molar-refractivity contribution < 1.29 is 18.4 Å². The molecule has 1 aromatic heterocycles. The number of fused-ring (bicyclic) bond motifs is 1. The lowest BCUT2D eigenvalue weighted by molar-refractivity contribution is 0.199. The second-order valence-electron chi connectivity index (χ2n) is 6.27. The number of anilines is 2. The number of aromatic nitrogens is 1. The zero-order valence-electron chi connectivity index (χ0n) is 15.4. The average Bonchev–Trinajstić information content (AvgIpc) is 2.67. The monoisotopic (exact) mass is 404 g/mol. The summed E-state index contributed by atoms with van der Waals surface area (Å²) in [5.74, 6) is -0.365. The molecular weight excluding hydrogens is 383 g/mol. The third-order valence-corrected chi connectivity index (χ3v) is 5.57. The maximum absolute atomic E-state index is 14.1. The first kappa shape index (κ1) is 20.0. The summed E-state index contributed by atoms with van der Waals surface area (Å²) in [6.45, 7) is 1.60. The molecule has 0 saturated heterocycles. The number of hydrogen-bond acceptors (Lipinski definition) is 6. The molecule has 7 nitrogen and oxygen atoms in total. The first-order valence-electron chi connectivity index (χ1n) is 8.51. The number of pyridine rings is 1. The Kier molecular flexibility index (Phi) is 5.78. The van der Waals surface area contributed by atoms with Gasteiger partial charge in [-0.25, -0.2) is 18.1 Å². The average molecular weight is 404 g/mol. The molecule has 2 aromatic carbocycles. The van der Waals surface area contributed by atoms with Crippen molar-refractivity contribution in [1.82, 2.24) is 9.71 Å². The van der Waals surface area contributed by atoms with Crippen molar-refractivity contribution in [2.45, 2.75) is 17.9 Å². The number of rotatable bonds is 7. The van der Waals surface area contributed by atoms with Crippen LogP contribution in [0.15, 0.2) is 53.6 Å². The molecule has 1 heterocycles. The Morgan fingerprint density at radius 2 is 2.00 bits per heavy atom. The predicted octanol–water partition coefficient (Wildman–Crippen LogP) is 3.42. The van der Waals surface area contributed by atoms with E-state index in [1.54, 1.807) is 43.5 Å². The zero-order chi connectivity index (χ0) is 20.3. The van der Waals surface area contributed by atoms with Crippen LogP contribution in [0, 0.1) is 10.6 Å². The molecule has 9 heteroatoms. The second kappa shape index (κ2) is 8.09. The summed E-state index contributed by atoms with van der Waals surface area (Å²) < 4.78 is 42.0. The van der Waals surface area contributed by atoms with E-state index < -0.39 is 21.8 Å². The van der Waals surface area contributed by atoms with Crippen molar-refractivity contribution in [3.8, 4) is 5.75 Å². The summed E-state index contributed by atoms with van der Waals surface area (Å²) in [6, 6.07) is 11.1. The molecule has 2 atom stereocenters. The quantitative estimate of drug-likeness (QED) is 0.483. The van der Waals surface area contributed by atoms with Gasteiger partial charge >= 0.3 is 0 Å². The maximum Gasteiger partial charge on any atom is 0.165 e. The normalized spacial score (nSPS) is 14.4. The first-order valence-corrected chi connectivity index (χ1v) is 10.1. The van der Waals surface area contributed by atoms with Crippen LogP contribution in [0.4, 0.5) is 15.8 Å². The largest absolute Gasteiger partial charge is 0.494 e. The zero-order valence-corrected chi connectivity index (χ0v) is 16.2. The molecule has 148 valence electrons. The minimum absolute atomic E-state index is 0.0559. The first-order chi connectivity index (χ1) is 13.3. The Labute approximate surface area is 162 Å². The SMILES string of the molecule is COc1cc2nccc(Nc3ccc([S@@](=N)(=O)NC[C@@H](C)O)cc3)c2cc1F. The fourth-order valence-corrected chi connectivity index (χ4v) is 3.78. The summed E-state index contributed by atoms with van der Waals surface area (Å²) in [5, 5.41) is 13.1. The molecule has 0 saturated carbocycles. The molecule has 0 unspecified atom stereocenters. The van der Waals surface area contributed by atoms with Gasteiger partial charge in [-0.3, -0.25) is 4.98 Å². The van der Waals surface area contributed by atoms with Crippen LogP contribution in [-0.2, 0) is 9.92 Å². The van der Waals surface area contributed by atoms with Crippen molar-refractivity contribution in [3.05, 3.63) is 54.5 Å². The number of aliphatic hydroxyl groups is 1. The summed E-state index contributed by atoms with van der Waals surface area (Å²) in [6.07, 6.45) is 0.901. The summed E-state index contributed by atoms with van der Waals surface area (Å²) in [5.41, 5.74) is 1.91. The molecule has 0 amide bonds. The Morgan fingerprint density at radius 1 is 1.29 bits per heavy atom. The van der Waals surface area contributed by atoms with Gasteiger partial charge in [-0.1, -0.05) is 0 Å². The van der Waals surface area contributed by atoms with Gasteiger partial charge in [0.2, 0.25) is 0 Å². The van der Waals surface area contributed by atoms with Crippen LogP contribution in [0.2, 0.25) is 0 Å². The Morgan fingerprint density at radius 3 is 2.64 bits per heavy atom. The molecule has 3 aromatic rings. The Bertz CT molecular complexity index is 1090. The van der Waals surface area contributed by atoms with Gasteiger partial charge in [0.25, 0.3) is 0 Å². The van der Waals surface area contributed by atoms with Crippen LogP contribution >= 0.6 is 0 Å². The van der Waals surface area contributed by atoms with Crippen LogP contribution in [0.1, 0.15) is 6.92 Å². The second-order valence-corrected chi connectivity index (χ2v) is 8.14. The molecule has 4 N–H and O–H groups in total. The van der Waals surface area contributed by atoms with E-state index in [1.807, 2.05) is 0 Å². The number of aliphatic hydroxyl groups excluding tert-OH is 1. The van der Waals surface area contributed by atoms with E-state index in [0.29, 0.717) is 27.2 Å². The van der Waals surface area contributed by atoms with Crippen LogP contribution in [0.5, 0.6) is 5.75 Å². The molecule has 0 aliphatic heterocycles. The van der Waals surface area contributed by atoms with Crippen LogP contribution < -0.4 is 14.8 Å². The molecule has 0 aliphatic carbocycles. The van der Waals surface area contributed by atoms with Crippen molar-refractivity contribution in [3.63, 3.8) is 0 Å². The van der Waals surface area contributed by atoms with E-state index in [9.17, 15) is 13.7 Å². The van der Waals surface area contributed by atoms with Gasteiger partial charge in [-0.05, 0) is 43.3 Å². The lowest BCUT2D eigenvalue weighted by Crippen LogP contribution is -2.29. The Hall–Kier alpha value is -2.75.